The van der Waals surface area contributed by atoms with E-state index < -0.39 is 0 Å². The van der Waals surface area contributed by atoms with Gasteiger partial charge in [0.2, 0.25) is 0 Å². The van der Waals surface area contributed by atoms with E-state index in [4.69, 9.17) is 10.5 Å². The van der Waals surface area contributed by atoms with Crippen molar-refractivity contribution < 1.29 is 9.53 Å². The van der Waals surface area contributed by atoms with Crippen LogP contribution in [0.2, 0.25) is 0 Å². The quantitative estimate of drug-likeness (QED) is 0.726. The Morgan fingerprint density at radius 1 is 1.55 bits per heavy atom. The third-order valence-electron chi connectivity index (χ3n) is 3.07. The molecule has 2 aromatic rings. The highest BCUT2D eigenvalue weighted by molar-refractivity contribution is 5.99. The Bertz CT molecular complexity index is 581. The summed E-state index contributed by atoms with van der Waals surface area (Å²) in [6.45, 7) is 1.98. The van der Waals surface area contributed by atoms with Crippen molar-refractivity contribution in [3.63, 3.8) is 0 Å². The van der Waals surface area contributed by atoms with Crippen LogP contribution in [0.5, 0.6) is 5.75 Å². The molecule has 1 aromatic heterocycles. The second-order valence-electron chi connectivity index (χ2n) is 4.36. The van der Waals surface area contributed by atoms with E-state index in [1.165, 1.54) is 0 Å². The Hall–Kier alpha value is -2.50. The third kappa shape index (κ3) is 2.90. The van der Waals surface area contributed by atoms with E-state index in [1.54, 1.807) is 37.7 Å². The van der Waals surface area contributed by atoms with Gasteiger partial charge in [0.1, 0.15) is 11.6 Å². The van der Waals surface area contributed by atoms with Crippen molar-refractivity contribution in [3.05, 3.63) is 42.0 Å². The van der Waals surface area contributed by atoms with Crippen molar-refractivity contribution in [1.82, 2.24) is 15.3 Å². The number of nitrogens with one attached hydrogen (secondary N) is 2. The molecule has 106 valence electrons. The fourth-order valence-electron chi connectivity index (χ4n) is 1.94. The topological polar surface area (TPSA) is 93.0 Å². The van der Waals surface area contributed by atoms with Crippen LogP contribution in [0.25, 0.3) is 0 Å². The summed E-state index contributed by atoms with van der Waals surface area (Å²) in [5, 5.41) is 2.91. The summed E-state index contributed by atoms with van der Waals surface area (Å²) in [7, 11) is 1.55. The Balaban J connectivity index is 2.15. The van der Waals surface area contributed by atoms with Crippen LogP contribution in [0.15, 0.2) is 30.6 Å². The molecule has 2 rings (SSSR count). The van der Waals surface area contributed by atoms with E-state index >= 15 is 0 Å². The van der Waals surface area contributed by atoms with Gasteiger partial charge in [-0.15, -0.1) is 0 Å². The first-order chi connectivity index (χ1) is 9.65. The lowest BCUT2D eigenvalue weighted by atomic mass is 10.1. The number of carbonyl (C=O) groups excluding carboxylic acids is 1. The summed E-state index contributed by atoms with van der Waals surface area (Å²) in [5.74, 6) is 1.12. The predicted octanol–water partition coefficient (Wildman–Crippen LogP) is 1.88. The van der Waals surface area contributed by atoms with Crippen molar-refractivity contribution >= 4 is 11.6 Å². The van der Waals surface area contributed by atoms with Crippen LogP contribution < -0.4 is 15.8 Å². The van der Waals surface area contributed by atoms with E-state index in [9.17, 15) is 4.79 Å². The highest BCUT2D eigenvalue weighted by atomic mass is 16.5. The van der Waals surface area contributed by atoms with Gasteiger partial charge in [0.25, 0.3) is 5.91 Å². The van der Waals surface area contributed by atoms with Gasteiger partial charge in [0.15, 0.2) is 0 Å². The van der Waals surface area contributed by atoms with Crippen LogP contribution in [0.4, 0.5) is 5.69 Å². The molecule has 0 bridgehead atoms. The van der Waals surface area contributed by atoms with Crippen LogP contribution in [0.3, 0.4) is 0 Å². The van der Waals surface area contributed by atoms with Gasteiger partial charge in [-0.3, -0.25) is 4.79 Å². The number of nitrogens with two attached hydrogens (primary N) is 1. The van der Waals surface area contributed by atoms with Crippen LogP contribution >= 0.6 is 0 Å². The minimum Gasteiger partial charge on any atom is -0.497 e. The first-order valence-electron chi connectivity index (χ1n) is 6.39. The van der Waals surface area contributed by atoms with Gasteiger partial charge in [-0.05, 0) is 18.6 Å². The first kappa shape index (κ1) is 13.9. The zero-order valence-corrected chi connectivity index (χ0v) is 11.5. The molecule has 0 saturated heterocycles. The lowest BCUT2D eigenvalue weighted by Crippen LogP contribution is -2.29. The Morgan fingerprint density at radius 2 is 2.35 bits per heavy atom. The van der Waals surface area contributed by atoms with Crippen molar-refractivity contribution in [2.24, 2.45) is 0 Å². The number of methoxy groups -OCH3 is 1. The summed E-state index contributed by atoms with van der Waals surface area (Å²) in [6.07, 6.45) is 4.12. The van der Waals surface area contributed by atoms with Gasteiger partial charge >= 0.3 is 0 Å². The molecule has 0 fully saturated rings. The number of hydrogen-bond acceptors (Lipinski definition) is 4. The molecular formula is C14H18N4O2. The van der Waals surface area contributed by atoms with Gasteiger partial charge < -0.3 is 20.8 Å². The molecule has 0 aliphatic carbocycles. The molecule has 0 aliphatic heterocycles. The zero-order chi connectivity index (χ0) is 14.5. The molecule has 1 amide bonds. The van der Waals surface area contributed by atoms with E-state index in [-0.39, 0.29) is 11.9 Å². The van der Waals surface area contributed by atoms with Crippen molar-refractivity contribution in [1.29, 1.82) is 0 Å². The summed E-state index contributed by atoms with van der Waals surface area (Å²) >= 11 is 0. The maximum Gasteiger partial charge on any atom is 0.253 e. The number of nitrogen functional groups attached to an aromatic ring is 1. The average Bonchev–Trinajstić information content (AvgIpc) is 2.98. The number of aromatic nitrogens is 2. The maximum absolute atomic E-state index is 12.3. The lowest BCUT2D eigenvalue weighted by molar-refractivity contribution is 0.0935. The van der Waals surface area contributed by atoms with Crippen molar-refractivity contribution in [2.75, 3.05) is 12.8 Å². The SMILES string of the molecule is CCC(NC(=O)c1ccc(OC)cc1N)c1ncc[nH]1. The standard InChI is InChI=1S/C14H18N4O2/c1-3-12(13-16-6-7-17-13)18-14(19)10-5-4-9(20-2)8-11(10)15/h4-8,12H,3,15H2,1-2H3,(H,16,17)(H,18,19). The molecule has 0 radical (unpaired) electrons. The Kier molecular flexibility index (Phi) is 4.24. The molecule has 0 aliphatic rings. The van der Waals surface area contributed by atoms with Crippen LogP contribution in [0, 0.1) is 0 Å². The molecule has 4 N–H and O–H groups in total. The molecule has 20 heavy (non-hydrogen) atoms. The van der Waals surface area contributed by atoms with Crippen molar-refractivity contribution in [2.45, 2.75) is 19.4 Å². The summed E-state index contributed by atoms with van der Waals surface area (Å²) in [4.78, 5) is 19.4. The molecule has 1 aromatic carbocycles. The molecule has 1 atom stereocenters. The minimum absolute atomic E-state index is 0.168. The predicted molar refractivity (Wildman–Crippen MR) is 76.5 cm³/mol. The largest absolute Gasteiger partial charge is 0.497 e. The number of amides is 1. The van der Waals surface area contributed by atoms with Gasteiger partial charge in [0, 0.05) is 24.1 Å². The minimum atomic E-state index is -0.228. The molecule has 1 unspecified atom stereocenters. The number of rotatable bonds is 5. The highest BCUT2D eigenvalue weighted by Crippen LogP contribution is 2.21. The molecule has 6 nitrogen and oxygen atoms in total. The van der Waals surface area contributed by atoms with Crippen molar-refractivity contribution in [3.8, 4) is 5.75 Å². The van der Waals surface area contributed by atoms with Gasteiger partial charge in [0.05, 0.1) is 18.7 Å². The number of benzene rings is 1. The second kappa shape index (κ2) is 6.10. The van der Waals surface area contributed by atoms with Crippen LogP contribution in [0.1, 0.15) is 35.6 Å². The summed E-state index contributed by atoms with van der Waals surface area (Å²) < 4.78 is 5.06. The lowest BCUT2D eigenvalue weighted by Gasteiger charge is -2.15. The van der Waals surface area contributed by atoms with Gasteiger partial charge in [-0.1, -0.05) is 6.92 Å². The molecule has 0 saturated carbocycles. The van der Waals surface area contributed by atoms with E-state index in [0.717, 1.165) is 12.2 Å². The Morgan fingerprint density at radius 3 is 2.90 bits per heavy atom. The smallest absolute Gasteiger partial charge is 0.253 e. The second-order valence-corrected chi connectivity index (χ2v) is 4.36. The van der Waals surface area contributed by atoms with Crippen LogP contribution in [-0.4, -0.2) is 23.0 Å². The molecule has 6 heteroatoms. The first-order valence-corrected chi connectivity index (χ1v) is 6.39. The highest BCUT2D eigenvalue weighted by Gasteiger charge is 2.17. The fraction of sp³-hybridized carbons (Fsp3) is 0.286. The number of nitrogens with zero attached hydrogens (tertiary/aromatic N) is 1. The zero-order valence-electron chi connectivity index (χ0n) is 11.5. The number of carbonyl (C=O) groups is 1. The monoisotopic (exact) mass is 274 g/mol. The summed E-state index contributed by atoms with van der Waals surface area (Å²) in [6, 6.07) is 4.82. The number of aromatic amines is 1. The fourth-order valence-corrected chi connectivity index (χ4v) is 1.94. The van der Waals surface area contributed by atoms with E-state index in [1.807, 2.05) is 6.92 Å². The normalized spacial score (nSPS) is 11.9. The molecule has 0 spiro atoms. The molecular weight excluding hydrogens is 256 g/mol. The maximum atomic E-state index is 12.3. The third-order valence-corrected chi connectivity index (χ3v) is 3.07. The number of imidazole rings is 1. The number of H-pyrrole nitrogens is 1. The Labute approximate surface area is 117 Å². The van der Waals surface area contributed by atoms with Gasteiger partial charge in [-0.25, -0.2) is 4.98 Å². The average molecular weight is 274 g/mol. The van der Waals surface area contributed by atoms with E-state index in [0.29, 0.717) is 17.0 Å². The summed E-state index contributed by atoms with van der Waals surface area (Å²) in [5.41, 5.74) is 6.68. The molecule has 1 heterocycles. The van der Waals surface area contributed by atoms with Crippen LogP contribution in [-0.2, 0) is 0 Å². The number of ether oxygens (including phenoxy) is 1. The number of hydrogen-bond donors (Lipinski definition) is 3. The number of anilines is 1. The van der Waals surface area contributed by atoms with Gasteiger partial charge in [-0.2, -0.15) is 0 Å². The van der Waals surface area contributed by atoms with E-state index in [2.05, 4.69) is 15.3 Å².